The summed E-state index contributed by atoms with van der Waals surface area (Å²) in [6.07, 6.45) is 3.23. The highest BCUT2D eigenvalue weighted by atomic mass is 32.1. The Morgan fingerprint density at radius 1 is 1.45 bits per heavy atom. The fourth-order valence-corrected chi connectivity index (χ4v) is 2.84. The van der Waals surface area contributed by atoms with Crippen molar-refractivity contribution in [3.05, 3.63) is 41.0 Å². The van der Waals surface area contributed by atoms with Crippen LogP contribution in [-0.4, -0.2) is 20.7 Å². The van der Waals surface area contributed by atoms with Gasteiger partial charge in [0.05, 0.1) is 17.3 Å². The molecule has 22 heavy (non-hydrogen) atoms. The molecule has 0 saturated heterocycles. The maximum absolute atomic E-state index is 12.3. The second kappa shape index (κ2) is 5.58. The van der Waals surface area contributed by atoms with E-state index in [1.54, 1.807) is 23.7 Å². The molecule has 0 atom stereocenters. The Hall–Kier alpha value is -2.72. The number of pyridine rings is 1. The number of nitrogens with zero attached hydrogens (tertiary/aromatic N) is 4. The Balaban J connectivity index is 1.90. The van der Waals surface area contributed by atoms with E-state index in [0.29, 0.717) is 16.1 Å². The van der Waals surface area contributed by atoms with Crippen molar-refractivity contribution >= 4 is 33.3 Å². The van der Waals surface area contributed by atoms with Crippen LogP contribution in [0.25, 0.3) is 11.0 Å². The van der Waals surface area contributed by atoms with E-state index >= 15 is 0 Å². The minimum Gasteiger partial charge on any atom is -0.312 e. The predicted octanol–water partition coefficient (Wildman–Crippen LogP) is 3.20. The molecule has 110 valence electrons. The first-order chi connectivity index (χ1) is 10.6. The van der Waals surface area contributed by atoms with Crippen molar-refractivity contribution in [3.63, 3.8) is 0 Å². The summed E-state index contributed by atoms with van der Waals surface area (Å²) in [6.45, 7) is 4.05. The molecule has 0 spiro atoms. The molecule has 0 saturated carbocycles. The molecule has 1 amide bonds. The average Bonchev–Trinajstić information content (AvgIpc) is 3.12. The Morgan fingerprint density at radius 2 is 2.27 bits per heavy atom. The van der Waals surface area contributed by atoms with Gasteiger partial charge in [0.25, 0.3) is 5.91 Å². The van der Waals surface area contributed by atoms with Crippen molar-refractivity contribution in [1.29, 1.82) is 5.26 Å². The summed E-state index contributed by atoms with van der Waals surface area (Å²) < 4.78 is 1.81. The zero-order valence-electron chi connectivity index (χ0n) is 12.1. The van der Waals surface area contributed by atoms with E-state index in [2.05, 4.69) is 15.4 Å². The first-order valence-corrected chi connectivity index (χ1v) is 7.60. The van der Waals surface area contributed by atoms with Gasteiger partial charge >= 0.3 is 0 Å². The maximum Gasteiger partial charge on any atom is 0.257 e. The molecule has 0 aliphatic heterocycles. The quantitative estimate of drug-likeness (QED) is 0.805. The number of rotatable bonds is 3. The van der Waals surface area contributed by atoms with Gasteiger partial charge < -0.3 is 5.32 Å². The SMILES string of the molecule is CC(C)n1ncc2cc(C(=O)Nc3sccc3C#N)cnc21. The van der Waals surface area contributed by atoms with Crippen molar-refractivity contribution in [3.8, 4) is 6.07 Å². The van der Waals surface area contributed by atoms with E-state index in [0.717, 1.165) is 11.0 Å². The number of nitriles is 1. The summed E-state index contributed by atoms with van der Waals surface area (Å²) >= 11 is 1.32. The van der Waals surface area contributed by atoms with Crippen LogP contribution in [0.1, 0.15) is 35.8 Å². The molecule has 3 aromatic rings. The van der Waals surface area contributed by atoms with Gasteiger partial charge in [-0.1, -0.05) is 0 Å². The zero-order valence-corrected chi connectivity index (χ0v) is 12.9. The van der Waals surface area contributed by atoms with Crippen molar-refractivity contribution in [1.82, 2.24) is 14.8 Å². The molecule has 1 N–H and O–H groups in total. The molecular formula is C15H13N5OS. The van der Waals surface area contributed by atoms with Crippen LogP contribution in [-0.2, 0) is 0 Å². The number of thiophene rings is 1. The number of hydrogen-bond donors (Lipinski definition) is 1. The average molecular weight is 311 g/mol. The fraction of sp³-hybridized carbons (Fsp3) is 0.200. The highest BCUT2D eigenvalue weighted by Gasteiger charge is 2.13. The third-order valence-electron chi connectivity index (χ3n) is 3.20. The smallest absolute Gasteiger partial charge is 0.257 e. The van der Waals surface area contributed by atoms with E-state index in [1.807, 2.05) is 24.6 Å². The first-order valence-electron chi connectivity index (χ1n) is 6.72. The minimum atomic E-state index is -0.286. The number of nitrogens with one attached hydrogen (secondary N) is 1. The van der Waals surface area contributed by atoms with Crippen molar-refractivity contribution < 1.29 is 4.79 Å². The molecular weight excluding hydrogens is 298 g/mol. The van der Waals surface area contributed by atoms with Crippen LogP contribution in [0.15, 0.2) is 29.9 Å². The van der Waals surface area contributed by atoms with E-state index in [-0.39, 0.29) is 11.9 Å². The number of hydrogen-bond acceptors (Lipinski definition) is 5. The lowest BCUT2D eigenvalue weighted by molar-refractivity contribution is 0.102. The number of carbonyl (C=O) groups excluding carboxylic acids is 1. The van der Waals surface area contributed by atoms with Gasteiger partial charge in [-0.25, -0.2) is 9.67 Å². The number of amides is 1. The Bertz CT molecular complexity index is 887. The summed E-state index contributed by atoms with van der Waals surface area (Å²) in [6, 6.07) is 5.68. The molecule has 7 heteroatoms. The maximum atomic E-state index is 12.3. The molecule has 0 aromatic carbocycles. The van der Waals surface area contributed by atoms with Crippen LogP contribution in [0, 0.1) is 11.3 Å². The van der Waals surface area contributed by atoms with Crippen LogP contribution in [0.5, 0.6) is 0 Å². The molecule has 0 radical (unpaired) electrons. The molecule has 6 nitrogen and oxygen atoms in total. The van der Waals surface area contributed by atoms with Gasteiger partial charge in [-0.15, -0.1) is 11.3 Å². The largest absolute Gasteiger partial charge is 0.312 e. The van der Waals surface area contributed by atoms with Gasteiger partial charge in [-0.3, -0.25) is 4.79 Å². The van der Waals surface area contributed by atoms with Crippen LogP contribution in [0.3, 0.4) is 0 Å². The second-order valence-corrected chi connectivity index (χ2v) is 5.97. The topological polar surface area (TPSA) is 83.6 Å². The molecule has 0 bridgehead atoms. The van der Waals surface area contributed by atoms with Gasteiger partial charge in [0.1, 0.15) is 11.1 Å². The lowest BCUT2D eigenvalue weighted by atomic mass is 10.2. The van der Waals surface area contributed by atoms with E-state index in [9.17, 15) is 4.79 Å². The Kier molecular flexibility index (Phi) is 3.61. The van der Waals surface area contributed by atoms with Crippen LogP contribution in [0.2, 0.25) is 0 Å². The van der Waals surface area contributed by atoms with Crippen molar-refractivity contribution in [2.24, 2.45) is 0 Å². The molecule has 3 rings (SSSR count). The monoisotopic (exact) mass is 311 g/mol. The molecule has 3 aromatic heterocycles. The second-order valence-electron chi connectivity index (χ2n) is 5.05. The first kappa shape index (κ1) is 14.2. The molecule has 0 aliphatic carbocycles. The summed E-state index contributed by atoms with van der Waals surface area (Å²) in [5, 5.41) is 19.1. The number of carbonyl (C=O) groups is 1. The van der Waals surface area contributed by atoms with E-state index in [4.69, 9.17) is 5.26 Å². The van der Waals surface area contributed by atoms with Crippen molar-refractivity contribution in [2.45, 2.75) is 19.9 Å². The third kappa shape index (κ3) is 2.44. The standard InChI is InChI=1S/C15H13N5OS/c1-9(2)20-13-11(8-18-20)5-12(7-17-13)14(21)19-15-10(6-16)3-4-22-15/h3-5,7-9H,1-2H3,(H,19,21). The van der Waals surface area contributed by atoms with Gasteiger partial charge in [0.15, 0.2) is 5.65 Å². The highest BCUT2D eigenvalue weighted by Crippen LogP contribution is 2.23. The van der Waals surface area contributed by atoms with E-state index in [1.165, 1.54) is 17.5 Å². The van der Waals surface area contributed by atoms with Gasteiger partial charge in [0, 0.05) is 17.6 Å². The normalized spacial score (nSPS) is 10.8. The summed E-state index contributed by atoms with van der Waals surface area (Å²) in [5.41, 5.74) is 1.65. The van der Waals surface area contributed by atoms with Gasteiger partial charge in [0.2, 0.25) is 0 Å². The molecule has 0 fully saturated rings. The minimum absolute atomic E-state index is 0.203. The predicted molar refractivity (Wildman–Crippen MR) is 84.9 cm³/mol. The molecule has 0 unspecified atom stereocenters. The van der Waals surface area contributed by atoms with Gasteiger partial charge in [-0.05, 0) is 31.4 Å². The lowest BCUT2D eigenvalue weighted by Gasteiger charge is -2.07. The molecule has 3 heterocycles. The summed E-state index contributed by atoms with van der Waals surface area (Å²) in [4.78, 5) is 16.6. The fourth-order valence-electron chi connectivity index (χ4n) is 2.11. The van der Waals surface area contributed by atoms with Crippen LogP contribution in [0.4, 0.5) is 5.00 Å². The lowest BCUT2D eigenvalue weighted by Crippen LogP contribution is -2.12. The Morgan fingerprint density at radius 3 is 3.00 bits per heavy atom. The number of anilines is 1. The summed E-state index contributed by atoms with van der Waals surface area (Å²) in [5.74, 6) is -0.286. The van der Waals surface area contributed by atoms with Gasteiger partial charge in [-0.2, -0.15) is 10.4 Å². The summed E-state index contributed by atoms with van der Waals surface area (Å²) in [7, 11) is 0. The zero-order chi connectivity index (χ0) is 15.7. The third-order valence-corrected chi connectivity index (χ3v) is 4.03. The van der Waals surface area contributed by atoms with Crippen molar-refractivity contribution in [2.75, 3.05) is 5.32 Å². The Labute approximate surface area is 131 Å². The molecule has 0 aliphatic rings. The number of fused-ring (bicyclic) bond motifs is 1. The van der Waals surface area contributed by atoms with E-state index < -0.39 is 0 Å². The highest BCUT2D eigenvalue weighted by molar-refractivity contribution is 7.14. The number of aromatic nitrogens is 3. The van der Waals surface area contributed by atoms with Crippen LogP contribution >= 0.6 is 11.3 Å². The van der Waals surface area contributed by atoms with Crippen LogP contribution < -0.4 is 5.32 Å².